The molecule has 0 radical (unpaired) electrons. The Kier molecular flexibility index (Phi) is 3.59. The van der Waals surface area contributed by atoms with Crippen LogP contribution in [0, 0.1) is 0 Å². The Morgan fingerprint density at radius 1 is 1.00 bits per heavy atom. The third kappa shape index (κ3) is 2.34. The zero-order valence-electron chi connectivity index (χ0n) is 10.2. The van der Waals surface area contributed by atoms with Crippen LogP contribution in [0.25, 0.3) is 10.9 Å². The third-order valence-corrected chi connectivity index (χ3v) is 2.66. The van der Waals surface area contributed by atoms with Gasteiger partial charge in [-0.05, 0) is 23.3 Å². The second-order valence-electron chi connectivity index (χ2n) is 3.94. The van der Waals surface area contributed by atoms with Gasteiger partial charge in [-0.2, -0.15) is 0 Å². The lowest BCUT2D eigenvalue weighted by atomic mass is 10.1. The molecule has 18 heavy (non-hydrogen) atoms. The molecule has 2 N–H and O–H groups in total. The van der Waals surface area contributed by atoms with E-state index in [0.29, 0.717) is 24.1 Å². The molecule has 0 unspecified atom stereocenters. The number of ether oxygens (including phenoxy) is 2. The van der Waals surface area contributed by atoms with Crippen molar-refractivity contribution < 1.29 is 9.47 Å². The van der Waals surface area contributed by atoms with E-state index in [2.05, 4.69) is 9.97 Å². The van der Waals surface area contributed by atoms with Gasteiger partial charge < -0.3 is 14.5 Å². The number of rotatable bonds is 4. The molecule has 0 amide bonds. The highest BCUT2D eigenvalue weighted by Crippen LogP contribution is 2.17. The molecule has 6 heteroatoms. The van der Waals surface area contributed by atoms with Crippen molar-refractivity contribution in [2.45, 2.75) is 13.2 Å². The molecule has 96 valence electrons. The Hall–Kier alpha value is -1.92. The molecule has 0 aliphatic heterocycles. The van der Waals surface area contributed by atoms with Crippen LogP contribution >= 0.6 is 0 Å². The number of nitrogens with one attached hydrogen (secondary N) is 2. The summed E-state index contributed by atoms with van der Waals surface area (Å²) in [6.07, 6.45) is 0. The maximum atomic E-state index is 11.7. The van der Waals surface area contributed by atoms with Gasteiger partial charge in [-0.1, -0.05) is 0 Å². The van der Waals surface area contributed by atoms with Crippen LogP contribution in [0.5, 0.6) is 0 Å². The number of hydrogen-bond donors (Lipinski definition) is 2. The van der Waals surface area contributed by atoms with Gasteiger partial charge in [0.2, 0.25) is 0 Å². The van der Waals surface area contributed by atoms with E-state index in [0.717, 1.165) is 11.1 Å². The van der Waals surface area contributed by atoms with Gasteiger partial charge in [0.05, 0.1) is 24.1 Å². The molecule has 0 atom stereocenters. The maximum Gasteiger partial charge on any atom is 0.326 e. The van der Waals surface area contributed by atoms with Crippen molar-refractivity contribution in [3.63, 3.8) is 0 Å². The normalized spacial score (nSPS) is 11.0. The summed E-state index contributed by atoms with van der Waals surface area (Å²) in [4.78, 5) is 27.7. The molecular weight excluding hydrogens is 236 g/mol. The van der Waals surface area contributed by atoms with Gasteiger partial charge >= 0.3 is 5.69 Å². The van der Waals surface area contributed by atoms with Crippen molar-refractivity contribution in [1.82, 2.24) is 9.97 Å². The lowest BCUT2D eigenvalue weighted by molar-refractivity contribution is 0.168. The second kappa shape index (κ2) is 5.16. The topological polar surface area (TPSA) is 84.2 Å². The summed E-state index contributed by atoms with van der Waals surface area (Å²) in [6, 6.07) is 3.45. The fourth-order valence-electron chi connectivity index (χ4n) is 1.88. The Morgan fingerprint density at radius 2 is 1.61 bits per heavy atom. The van der Waals surface area contributed by atoms with E-state index in [1.807, 2.05) is 0 Å². The molecule has 6 nitrogen and oxygen atoms in total. The Labute approximate surface area is 103 Å². The molecule has 2 aromatic rings. The fraction of sp³-hybridized carbons (Fsp3) is 0.333. The first-order valence-corrected chi connectivity index (χ1v) is 5.41. The second-order valence-corrected chi connectivity index (χ2v) is 3.94. The van der Waals surface area contributed by atoms with Gasteiger partial charge in [-0.15, -0.1) is 0 Å². The van der Waals surface area contributed by atoms with Crippen LogP contribution < -0.4 is 11.2 Å². The van der Waals surface area contributed by atoms with Crippen LogP contribution in [0.15, 0.2) is 21.7 Å². The largest absolute Gasteiger partial charge is 0.380 e. The summed E-state index contributed by atoms with van der Waals surface area (Å²) in [7, 11) is 3.17. The summed E-state index contributed by atoms with van der Waals surface area (Å²) in [5, 5.41) is 0.432. The zero-order valence-corrected chi connectivity index (χ0v) is 10.2. The van der Waals surface area contributed by atoms with Gasteiger partial charge in [0, 0.05) is 14.2 Å². The van der Waals surface area contributed by atoms with Crippen LogP contribution in [-0.2, 0) is 22.7 Å². The van der Waals surface area contributed by atoms with Gasteiger partial charge in [0.1, 0.15) is 0 Å². The maximum absolute atomic E-state index is 11.7. The van der Waals surface area contributed by atoms with E-state index in [1.54, 1.807) is 26.4 Å². The summed E-state index contributed by atoms with van der Waals surface area (Å²) in [5.41, 5.74) is 1.32. The Morgan fingerprint density at radius 3 is 2.22 bits per heavy atom. The van der Waals surface area contributed by atoms with E-state index in [-0.39, 0.29) is 0 Å². The van der Waals surface area contributed by atoms with Crippen molar-refractivity contribution in [3.05, 3.63) is 44.1 Å². The average Bonchev–Trinajstić information content (AvgIpc) is 2.31. The summed E-state index contributed by atoms with van der Waals surface area (Å²) in [5.74, 6) is 0. The average molecular weight is 250 g/mol. The molecule has 0 saturated carbocycles. The number of methoxy groups -OCH3 is 2. The van der Waals surface area contributed by atoms with Crippen LogP contribution in [0.3, 0.4) is 0 Å². The molecule has 0 bridgehead atoms. The van der Waals surface area contributed by atoms with Gasteiger partial charge in [0.15, 0.2) is 0 Å². The molecule has 1 aromatic carbocycles. The van der Waals surface area contributed by atoms with E-state index in [4.69, 9.17) is 9.47 Å². The summed E-state index contributed by atoms with van der Waals surface area (Å²) >= 11 is 0. The van der Waals surface area contributed by atoms with Crippen molar-refractivity contribution in [1.29, 1.82) is 0 Å². The molecule has 1 aromatic heterocycles. The van der Waals surface area contributed by atoms with Crippen molar-refractivity contribution >= 4 is 10.9 Å². The van der Waals surface area contributed by atoms with Crippen molar-refractivity contribution in [2.75, 3.05) is 14.2 Å². The molecule has 0 saturated heterocycles. The van der Waals surface area contributed by atoms with E-state index >= 15 is 0 Å². The number of aromatic amines is 2. The highest BCUT2D eigenvalue weighted by atomic mass is 16.5. The third-order valence-electron chi connectivity index (χ3n) is 2.66. The molecule has 0 aliphatic rings. The van der Waals surface area contributed by atoms with Crippen LogP contribution in [-0.4, -0.2) is 24.2 Å². The number of benzene rings is 1. The quantitative estimate of drug-likeness (QED) is 0.828. The SMILES string of the molecule is COCc1cc2[nH]c(=O)[nH]c(=O)c2cc1COC. The molecular formula is C12H14N2O4. The number of aromatic nitrogens is 2. The van der Waals surface area contributed by atoms with Crippen LogP contribution in [0.2, 0.25) is 0 Å². The lowest BCUT2D eigenvalue weighted by Gasteiger charge is -2.09. The van der Waals surface area contributed by atoms with Crippen LogP contribution in [0.1, 0.15) is 11.1 Å². The highest BCUT2D eigenvalue weighted by molar-refractivity contribution is 5.79. The number of fused-ring (bicyclic) bond motifs is 1. The standard InChI is InChI=1S/C12H14N2O4/c1-17-5-7-3-9-10(4-8(7)6-18-2)13-12(16)14-11(9)15/h3-4H,5-6H2,1-2H3,(H2,13,14,15,16). The van der Waals surface area contributed by atoms with Crippen molar-refractivity contribution in [2.24, 2.45) is 0 Å². The first kappa shape index (κ1) is 12.5. The fourth-order valence-corrected chi connectivity index (χ4v) is 1.88. The van der Waals surface area contributed by atoms with Crippen molar-refractivity contribution in [3.8, 4) is 0 Å². The molecule has 0 fully saturated rings. The first-order valence-electron chi connectivity index (χ1n) is 5.41. The van der Waals surface area contributed by atoms with Crippen LogP contribution in [0.4, 0.5) is 0 Å². The molecule has 2 rings (SSSR count). The number of hydrogen-bond acceptors (Lipinski definition) is 4. The van der Waals surface area contributed by atoms with E-state index in [1.165, 1.54) is 0 Å². The van der Waals surface area contributed by atoms with Gasteiger partial charge in [-0.25, -0.2) is 4.79 Å². The highest BCUT2D eigenvalue weighted by Gasteiger charge is 2.08. The minimum absolute atomic E-state index is 0.382. The monoisotopic (exact) mass is 250 g/mol. The minimum atomic E-state index is -0.518. The predicted molar refractivity (Wildman–Crippen MR) is 66.6 cm³/mol. The van der Waals surface area contributed by atoms with Gasteiger partial charge in [0.25, 0.3) is 5.56 Å². The Bertz CT molecular complexity index is 672. The lowest BCUT2D eigenvalue weighted by Crippen LogP contribution is -2.22. The number of H-pyrrole nitrogens is 2. The van der Waals surface area contributed by atoms with E-state index < -0.39 is 11.2 Å². The van der Waals surface area contributed by atoms with Gasteiger partial charge in [-0.3, -0.25) is 9.78 Å². The molecule has 0 spiro atoms. The Balaban J connectivity index is 2.71. The molecule has 0 aliphatic carbocycles. The first-order chi connectivity index (χ1) is 8.65. The minimum Gasteiger partial charge on any atom is -0.380 e. The predicted octanol–water partition coefficient (Wildman–Crippen LogP) is 0.509. The summed E-state index contributed by atoms with van der Waals surface area (Å²) < 4.78 is 10.2. The summed E-state index contributed by atoms with van der Waals surface area (Å²) in [6.45, 7) is 0.774. The smallest absolute Gasteiger partial charge is 0.326 e. The van der Waals surface area contributed by atoms with E-state index in [9.17, 15) is 9.59 Å². The molecule has 1 heterocycles. The zero-order chi connectivity index (χ0) is 13.1.